The highest BCUT2D eigenvalue weighted by Gasteiger charge is 2.30. The zero-order valence-corrected chi connectivity index (χ0v) is 25.3. The number of carbonyl (C=O) groups is 2. The Labute approximate surface area is 257 Å². The van der Waals surface area contributed by atoms with E-state index in [0.717, 1.165) is 43.1 Å². The lowest BCUT2D eigenvalue weighted by Crippen LogP contribution is -2.44. The van der Waals surface area contributed by atoms with Gasteiger partial charge in [0, 0.05) is 60.6 Å². The number of hydrogen-bond acceptors (Lipinski definition) is 7. The fourth-order valence-electron chi connectivity index (χ4n) is 5.51. The van der Waals surface area contributed by atoms with E-state index in [2.05, 4.69) is 44.0 Å². The molecule has 2 N–H and O–H groups in total. The Kier molecular flexibility index (Phi) is 8.03. The van der Waals surface area contributed by atoms with E-state index < -0.39 is 15.9 Å². The summed E-state index contributed by atoms with van der Waals surface area (Å²) >= 11 is 0. The van der Waals surface area contributed by atoms with Gasteiger partial charge in [0.05, 0.1) is 10.6 Å². The van der Waals surface area contributed by atoms with Gasteiger partial charge < -0.3 is 15.1 Å². The van der Waals surface area contributed by atoms with Gasteiger partial charge in [-0.3, -0.25) is 19.3 Å². The topological polar surface area (TPSA) is 111 Å². The largest absolute Gasteiger partial charge is 0.369 e. The molecule has 1 atom stereocenters. The molecule has 4 aromatic rings. The summed E-state index contributed by atoms with van der Waals surface area (Å²) in [6.07, 6.45) is 1.64. The van der Waals surface area contributed by atoms with Crippen LogP contribution in [0.5, 0.6) is 0 Å². The Morgan fingerprint density at radius 3 is 2.39 bits per heavy atom. The van der Waals surface area contributed by atoms with E-state index in [1.54, 1.807) is 67.7 Å². The van der Waals surface area contributed by atoms with Crippen molar-refractivity contribution in [3.05, 3.63) is 113 Å². The summed E-state index contributed by atoms with van der Waals surface area (Å²) in [6, 6.07) is 26.2. The van der Waals surface area contributed by atoms with Crippen molar-refractivity contribution in [3.63, 3.8) is 0 Å². The highest BCUT2D eigenvalue weighted by molar-refractivity contribution is 7.92. The summed E-state index contributed by atoms with van der Waals surface area (Å²) in [4.78, 5) is 35.7. The third-order valence-electron chi connectivity index (χ3n) is 8.04. The minimum atomic E-state index is -3.83. The maximum atomic E-state index is 13.4. The van der Waals surface area contributed by atoms with Gasteiger partial charge in [0.2, 0.25) is 5.91 Å². The second kappa shape index (κ2) is 12.1. The van der Waals surface area contributed by atoms with Crippen molar-refractivity contribution in [2.45, 2.75) is 17.7 Å². The first-order valence-electron chi connectivity index (χ1n) is 14.4. The average Bonchev–Trinajstić information content (AvgIpc) is 3.34. The third-order valence-corrected chi connectivity index (χ3v) is 9.58. The summed E-state index contributed by atoms with van der Waals surface area (Å²) in [5.41, 5.74) is 4.80. The summed E-state index contributed by atoms with van der Waals surface area (Å²) < 4.78 is 28.5. The Hall–Kier alpha value is -4.80. The molecule has 2 aliphatic rings. The van der Waals surface area contributed by atoms with Crippen LogP contribution in [0.1, 0.15) is 33.0 Å². The van der Waals surface area contributed by atoms with E-state index in [1.807, 2.05) is 12.1 Å². The van der Waals surface area contributed by atoms with Gasteiger partial charge in [-0.1, -0.05) is 42.5 Å². The van der Waals surface area contributed by atoms with Crippen molar-refractivity contribution in [2.24, 2.45) is 4.99 Å². The second-order valence-corrected chi connectivity index (χ2v) is 12.8. The number of piperazine rings is 1. The van der Waals surface area contributed by atoms with Gasteiger partial charge in [0.25, 0.3) is 10.0 Å². The van der Waals surface area contributed by atoms with Crippen molar-refractivity contribution in [3.8, 4) is 0 Å². The number of aryl methyl sites for hydroxylation is 1. The van der Waals surface area contributed by atoms with E-state index >= 15 is 0 Å². The number of nitrogens with zero attached hydrogens (tertiary/aromatic N) is 3. The van der Waals surface area contributed by atoms with E-state index in [-0.39, 0.29) is 22.3 Å². The first-order valence-corrected chi connectivity index (χ1v) is 15.9. The molecule has 0 aliphatic carbocycles. The molecule has 10 heteroatoms. The lowest BCUT2D eigenvalue weighted by molar-refractivity contribution is -0.115. The minimum Gasteiger partial charge on any atom is -0.369 e. The number of carbonyl (C=O) groups excluding carboxylic acids is 2. The van der Waals surface area contributed by atoms with Crippen molar-refractivity contribution >= 4 is 50.7 Å². The van der Waals surface area contributed by atoms with Crippen LogP contribution in [-0.4, -0.2) is 64.4 Å². The van der Waals surface area contributed by atoms with Crippen molar-refractivity contribution in [1.29, 1.82) is 0 Å². The molecule has 44 heavy (non-hydrogen) atoms. The SMILES string of the molecule is Cc1ccccc1S(=O)(=O)Nc1cccc(C(=O)c2ccc3c(c2)NC(=O)C3C=Nc2ccc(N3CCN(C)CC3)cc2)c1. The van der Waals surface area contributed by atoms with Crippen LogP contribution in [0.25, 0.3) is 0 Å². The number of anilines is 3. The van der Waals surface area contributed by atoms with Gasteiger partial charge in [0.15, 0.2) is 5.78 Å². The molecule has 2 aliphatic heterocycles. The van der Waals surface area contributed by atoms with Gasteiger partial charge in [-0.05, 0) is 73.6 Å². The molecule has 224 valence electrons. The fraction of sp³-hybridized carbons (Fsp3) is 0.206. The predicted molar refractivity (Wildman–Crippen MR) is 174 cm³/mol. The van der Waals surface area contributed by atoms with Crippen LogP contribution in [0.4, 0.5) is 22.7 Å². The molecule has 0 saturated carbocycles. The lowest BCUT2D eigenvalue weighted by Gasteiger charge is -2.34. The van der Waals surface area contributed by atoms with Crippen molar-refractivity contribution in [1.82, 2.24) is 4.90 Å². The lowest BCUT2D eigenvalue weighted by atomic mass is 9.97. The number of ketones is 1. The Bertz CT molecular complexity index is 1860. The van der Waals surface area contributed by atoms with Gasteiger partial charge >= 0.3 is 0 Å². The molecule has 9 nitrogen and oxygen atoms in total. The van der Waals surface area contributed by atoms with Crippen LogP contribution >= 0.6 is 0 Å². The summed E-state index contributed by atoms with van der Waals surface area (Å²) in [5.74, 6) is -1.09. The van der Waals surface area contributed by atoms with Gasteiger partial charge in [-0.15, -0.1) is 0 Å². The summed E-state index contributed by atoms with van der Waals surface area (Å²) in [6.45, 7) is 5.77. The zero-order valence-electron chi connectivity index (χ0n) is 24.5. The molecule has 4 aromatic carbocycles. The van der Waals surface area contributed by atoms with Crippen LogP contribution in [0.2, 0.25) is 0 Å². The molecular weight excluding hydrogens is 574 g/mol. The standard InChI is InChI=1S/C34H33N5O4S/c1-23-6-3-4-9-32(23)44(42,43)37-27-8-5-7-24(20-27)33(40)25-10-15-29-30(34(41)36-31(29)21-25)22-35-26-11-13-28(14-12-26)39-18-16-38(2)17-19-39/h3-15,20-22,30,37H,16-19H2,1-2H3,(H,36,41). The molecule has 1 amide bonds. The predicted octanol–water partition coefficient (Wildman–Crippen LogP) is 5.22. The van der Waals surface area contributed by atoms with Crippen LogP contribution < -0.4 is 14.9 Å². The van der Waals surface area contributed by atoms with Gasteiger partial charge in [-0.2, -0.15) is 0 Å². The molecule has 0 spiro atoms. The number of hydrogen-bond donors (Lipinski definition) is 2. The first kappa shape index (κ1) is 29.3. The smallest absolute Gasteiger partial charge is 0.262 e. The Morgan fingerprint density at radius 1 is 0.909 bits per heavy atom. The number of aliphatic imine (C=N–C) groups is 1. The van der Waals surface area contributed by atoms with Crippen molar-refractivity contribution < 1.29 is 18.0 Å². The summed E-state index contributed by atoms with van der Waals surface area (Å²) in [5, 5.41) is 2.87. The number of benzene rings is 4. The molecule has 0 bridgehead atoms. The molecule has 0 aromatic heterocycles. The monoisotopic (exact) mass is 607 g/mol. The van der Waals surface area contributed by atoms with Crippen LogP contribution in [-0.2, 0) is 14.8 Å². The molecular formula is C34H33N5O4S. The van der Waals surface area contributed by atoms with E-state index in [1.165, 1.54) is 12.1 Å². The van der Waals surface area contributed by atoms with Crippen LogP contribution in [0.3, 0.4) is 0 Å². The number of amides is 1. The second-order valence-electron chi connectivity index (χ2n) is 11.1. The van der Waals surface area contributed by atoms with E-state index in [4.69, 9.17) is 0 Å². The molecule has 0 radical (unpaired) electrons. The number of sulfonamides is 1. The number of likely N-dealkylation sites (N-methyl/N-ethyl adjacent to an activating group) is 1. The fourth-order valence-corrected chi connectivity index (χ4v) is 6.81. The molecule has 6 rings (SSSR count). The molecule has 2 heterocycles. The summed E-state index contributed by atoms with van der Waals surface area (Å²) in [7, 11) is -1.70. The highest BCUT2D eigenvalue weighted by atomic mass is 32.2. The highest BCUT2D eigenvalue weighted by Crippen LogP contribution is 2.34. The molecule has 1 fully saturated rings. The molecule has 1 saturated heterocycles. The Morgan fingerprint density at radius 2 is 1.64 bits per heavy atom. The van der Waals surface area contributed by atoms with Crippen LogP contribution in [0.15, 0.2) is 101 Å². The normalized spacial score (nSPS) is 17.0. The van der Waals surface area contributed by atoms with Gasteiger partial charge in [0.1, 0.15) is 5.92 Å². The third kappa shape index (κ3) is 6.13. The quantitative estimate of drug-likeness (QED) is 0.210. The first-order chi connectivity index (χ1) is 21.2. The van der Waals surface area contributed by atoms with E-state index in [0.29, 0.717) is 22.4 Å². The number of fused-ring (bicyclic) bond motifs is 1. The van der Waals surface area contributed by atoms with Crippen molar-refractivity contribution in [2.75, 3.05) is 48.2 Å². The maximum Gasteiger partial charge on any atom is 0.262 e. The molecule has 1 unspecified atom stereocenters. The van der Waals surface area contributed by atoms with E-state index in [9.17, 15) is 18.0 Å². The Balaban J connectivity index is 1.15. The average molecular weight is 608 g/mol. The number of nitrogens with one attached hydrogen (secondary N) is 2. The zero-order chi connectivity index (χ0) is 30.8. The number of rotatable bonds is 8. The van der Waals surface area contributed by atoms with Crippen LogP contribution in [0, 0.1) is 6.92 Å². The van der Waals surface area contributed by atoms with Gasteiger partial charge in [-0.25, -0.2) is 8.42 Å². The minimum absolute atomic E-state index is 0.173. The maximum absolute atomic E-state index is 13.4.